The van der Waals surface area contributed by atoms with Gasteiger partial charge in [0, 0.05) is 23.5 Å². The van der Waals surface area contributed by atoms with Gasteiger partial charge in [-0.25, -0.2) is 9.97 Å². The molecule has 2 aromatic heterocycles. The fourth-order valence-corrected chi connectivity index (χ4v) is 2.43. The summed E-state index contributed by atoms with van der Waals surface area (Å²) >= 11 is 7.10. The number of thiazole rings is 1. The van der Waals surface area contributed by atoms with Gasteiger partial charge in [-0.05, 0) is 0 Å². The number of anilines is 1. The second kappa shape index (κ2) is 6.83. The van der Waals surface area contributed by atoms with Crippen molar-refractivity contribution in [1.29, 1.82) is 5.26 Å². The van der Waals surface area contributed by atoms with Gasteiger partial charge in [-0.15, -0.1) is 11.3 Å². The third kappa shape index (κ3) is 3.77. The largest absolute Gasteiger partial charge is 0.398 e. The molecule has 0 bridgehead atoms. The molecule has 0 aliphatic carbocycles. The molecule has 0 radical (unpaired) electrons. The third-order valence-corrected chi connectivity index (χ3v) is 3.40. The number of nitrogens with one attached hydrogen (secondary N) is 1. The van der Waals surface area contributed by atoms with Gasteiger partial charge in [-0.2, -0.15) is 5.26 Å². The van der Waals surface area contributed by atoms with E-state index in [1.165, 1.54) is 24.6 Å². The molecule has 0 fully saturated rings. The topological polar surface area (TPSA) is 105 Å². The molecule has 0 saturated heterocycles. The second-order valence-electron chi connectivity index (χ2n) is 3.65. The van der Waals surface area contributed by atoms with E-state index in [2.05, 4.69) is 25.3 Å². The van der Waals surface area contributed by atoms with Crippen molar-refractivity contribution in [2.45, 2.75) is 6.54 Å². The molecule has 0 spiro atoms. The number of carbonyl (C=O) groups excluding carboxylic acids is 1. The molecule has 0 unspecified atom stereocenters. The molecule has 10 heteroatoms. The Morgan fingerprint density at radius 2 is 2.48 bits per heavy atom. The van der Waals surface area contributed by atoms with Crippen LogP contribution in [0, 0.1) is 11.3 Å². The maximum absolute atomic E-state index is 11.8. The van der Waals surface area contributed by atoms with Crippen LogP contribution in [0.5, 0.6) is 0 Å². The summed E-state index contributed by atoms with van der Waals surface area (Å²) in [5.41, 5.74) is -0.395. The van der Waals surface area contributed by atoms with E-state index in [4.69, 9.17) is 16.9 Å². The number of halogens is 1. The number of amides is 1. The van der Waals surface area contributed by atoms with Crippen molar-refractivity contribution < 1.29 is 9.63 Å². The number of hydrogen-bond donors (Lipinski definition) is 1. The van der Waals surface area contributed by atoms with Crippen molar-refractivity contribution >= 4 is 40.5 Å². The van der Waals surface area contributed by atoms with Gasteiger partial charge in [0.05, 0.1) is 6.54 Å². The smallest absolute Gasteiger partial charge is 0.290 e. The first-order valence-corrected chi connectivity index (χ1v) is 6.77. The van der Waals surface area contributed by atoms with Crippen LogP contribution in [0.1, 0.15) is 4.88 Å². The van der Waals surface area contributed by atoms with Crippen LogP contribution in [0.25, 0.3) is 0 Å². The standard InChI is InChI=1S/C11H9ClN6O2S/c1-20-17-8(4-13)9(19)16-11-14-2-3-18(11)6-7-5-15-10(12)21-7/h2-3,5H,6H2,1H3,(H,14,16,19)/b17-8+. The van der Waals surface area contributed by atoms with Crippen LogP contribution < -0.4 is 5.32 Å². The molecule has 2 rings (SSSR count). The number of nitriles is 1. The van der Waals surface area contributed by atoms with Gasteiger partial charge in [0.2, 0.25) is 11.7 Å². The van der Waals surface area contributed by atoms with Crippen LogP contribution >= 0.6 is 22.9 Å². The van der Waals surface area contributed by atoms with Crippen LogP contribution in [0.4, 0.5) is 5.95 Å². The van der Waals surface area contributed by atoms with Crippen LogP contribution in [0.2, 0.25) is 4.47 Å². The maximum atomic E-state index is 11.8. The number of nitrogens with zero attached hydrogens (tertiary/aromatic N) is 5. The lowest BCUT2D eigenvalue weighted by Gasteiger charge is -2.06. The number of hydrogen-bond acceptors (Lipinski definition) is 7. The minimum atomic E-state index is -0.700. The number of aromatic nitrogens is 3. The second-order valence-corrected chi connectivity index (χ2v) is 5.34. The van der Waals surface area contributed by atoms with Crippen molar-refractivity contribution in [3.63, 3.8) is 0 Å². The first-order chi connectivity index (χ1) is 10.1. The molecule has 0 aromatic carbocycles. The molecule has 0 atom stereocenters. The molecule has 108 valence electrons. The Morgan fingerprint density at radius 1 is 1.67 bits per heavy atom. The van der Waals surface area contributed by atoms with E-state index < -0.39 is 11.6 Å². The molecule has 2 heterocycles. The van der Waals surface area contributed by atoms with Gasteiger partial charge in [-0.3, -0.25) is 10.1 Å². The number of carbonyl (C=O) groups is 1. The van der Waals surface area contributed by atoms with Gasteiger partial charge in [0.25, 0.3) is 5.91 Å². The highest BCUT2D eigenvalue weighted by atomic mass is 35.5. The predicted octanol–water partition coefficient (Wildman–Crippen LogP) is 1.51. The molecule has 2 aromatic rings. The van der Waals surface area contributed by atoms with E-state index in [0.29, 0.717) is 11.0 Å². The van der Waals surface area contributed by atoms with Gasteiger partial charge in [0.1, 0.15) is 13.2 Å². The van der Waals surface area contributed by atoms with Crippen molar-refractivity contribution in [2.24, 2.45) is 5.16 Å². The quantitative estimate of drug-likeness (QED) is 0.663. The molecule has 8 nitrogen and oxygen atoms in total. The van der Waals surface area contributed by atoms with Crippen LogP contribution in [0.15, 0.2) is 23.7 Å². The Labute approximate surface area is 128 Å². The maximum Gasteiger partial charge on any atom is 0.290 e. The van der Waals surface area contributed by atoms with Crippen LogP contribution in [-0.4, -0.2) is 33.3 Å². The zero-order chi connectivity index (χ0) is 15.2. The molecule has 0 saturated carbocycles. The Balaban J connectivity index is 2.12. The summed E-state index contributed by atoms with van der Waals surface area (Å²) in [6, 6.07) is 1.64. The number of oxime groups is 1. The molecular formula is C11H9ClN6O2S. The van der Waals surface area contributed by atoms with E-state index in [9.17, 15) is 4.79 Å². The van der Waals surface area contributed by atoms with Crippen LogP contribution in [0.3, 0.4) is 0 Å². The van der Waals surface area contributed by atoms with E-state index in [1.54, 1.807) is 23.0 Å². The van der Waals surface area contributed by atoms with Crippen molar-refractivity contribution in [1.82, 2.24) is 14.5 Å². The minimum absolute atomic E-state index is 0.281. The van der Waals surface area contributed by atoms with Crippen LogP contribution in [-0.2, 0) is 16.2 Å². The number of rotatable bonds is 5. The fraction of sp³-hybridized carbons (Fsp3) is 0.182. The predicted molar refractivity (Wildman–Crippen MR) is 77.1 cm³/mol. The van der Waals surface area contributed by atoms with E-state index in [0.717, 1.165) is 4.88 Å². The monoisotopic (exact) mass is 324 g/mol. The normalized spacial score (nSPS) is 11.0. The first-order valence-electron chi connectivity index (χ1n) is 5.58. The molecule has 0 aliphatic heterocycles. The fourth-order valence-electron chi connectivity index (χ4n) is 1.45. The summed E-state index contributed by atoms with van der Waals surface area (Å²) < 4.78 is 2.12. The summed E-state index contributed by atoms with van der Waals surface area (Å²) in [5.74, 6) is -0.419. The van der Waals surface area contributed by atoms with Crippen molar-refractivity contribution in [3.05, 3.63) is 27.9 Å². The Morgan fingerprint density at radius 3 is 3.10 bits per heavy atom. The SMILES string of the molecule is CO/N=C(\C#N)C(=O)Nc1nccn1Cc1cnc(Cl)s1. The highest BCUT2D eigenvalue weighted by molar-refractivity contribution is 7.15. The average molecular weight is 325 g/mol. The Bertz CT molecular complexity index is 716. The summed E-state index contributed by atoms with van der Waals surface area (Å²) in [6.07, 6.45) is 4.85. The van der Waals surface area contributed by atoms with Gasteiger partial charge in [0.15, 0.2) is 4.47 Å². The summed E-state index contributed by atoms with van der Waals surface area (Å²) in [4.78, 5) is 25.1. The Kier molecular flexibility index (Phi) is 4.86. The zero-order valence-corrected chi connectivity index (χ0v) is 12.4. The highest BCUT2D eigenvalue weighted by Gasteiger charge is 2.15. The van der Waals surface area contributed by atoms with Gasteiger partial charge in [-0.1, -0.05) is 16.8 Å². The average Bonchev–Trinajstić information content (AvgIpc) is 3.06. The van der Waals surface area contributed by atoms with E-state index in [-0.39, 0.29) is 5.95 Å². The molecule has 1 N–H and O–H groups in total. The summed E-state index contributed by atoms with van der Waals surface area (Å²) in [6.45, 7) is 0.448. The van der Waals surface area contributed by atoms with E-state index >= 15 is 0 Å². The third-order valence-electron chi connectivity index (χ3n) is 2.30. The molecule has 21 heavy (non-hydrogen) atoms. The molecule has 1 amide bonds. The minimum Gasteiger partial charge on any atom is -0.398 e. The lowest BCUT2D eigenvalue weighted by Crippen LogP contribution is -2.24. The molecular weight excluding hydrogens is 316 g/mol. The van der Waals surface area contributed by atoms with Gasteiger partial charge < -0.3 is 9.40 Å². The summed E-state index contributed by atoms with van der Waals surface area (Å²) in [5, 5.41) is 14.6. The lowest BCUT2D eigenvalue weighted by molar-refractivity contribution is -0.110. The summed E-state index contributed by atoms with van der Waals surface area (Å²) in [7, 11) is 1.25. The zero-order valence-electron chi connectivity index (χ0n) is 10.8. The highest BCUT2D eigenvalue weighted by Crippen LogP contribution is 2.19. The number of imidazole rings is 1. The van der Waals surface area contributed by atoms with Crippen molar-refractivity contribution in [3.8, 4) is 6.07 Å². The van der Waals surface area contributed by atoms with Crippen molar-refractivity contribution in [2.75, 3.05) is 12.4 Å². The molecule has 0 aliphatic rings. The van der Waals surface area contributed by atoms with Gasteiger partial charge >= 0.3 is 0 Å². The van der Waals surface area contributed by atoms with E-state index in [1.807, 2.05) is 0 Å². The lowest BCUT2D eigenvalue weighted by atomic mass is 10.4. The first kappa shape index (κ1) is 15.0. The Hall–Kier alpha value is -2.44.